The van der Waals surface area contributed by atoms with Gasteiger partial charge in [0.1, 0.15) is 0 Å². The average molecular weight is 407 g/mol. The number of nitrogens with one attached hydrogen (secondary N) is 1. The fraction of sp³-hybridized carbons (Fsp3) is 0.458. The normalized spacial score (nSPS) is 16.4. The van der Waals surface area contributed by atoms with E-state index < -0.39 is 0 Å². The highest BCUT2D eigenvalue weighted by molar-refractivity contribution is 6.17. The van der Waals surface area contributed by atoms with Gasteiger partial charge in [-0.05, 0) is 76.5 Å². The van der Waals surface area contributed by atoms with E-state index in [1.54, 1.807) is 23.2 Å². The molecule has 0 spiro atoms. The van der Waals surface area contributed by atoms with Crippen LogP contribution in [0.2, 0.25) is 0 Å². The van der Waals surface area contributed by atoms with Crippen molar-refractivity contribution in [2.45, 2.75) is 51.9 Å². The number of aromatic nitrogens is 1. The number of anilines is 3. The summed E-state index contributed by atoms with van der Waals surface area (Å²) < 4.78 is 0. The predicted octanol–water partition coefficient (Wildman–Crippen LogP) is 4.67. The van der Waals surface area contributed by atoms with E-state index in [4.69, 9.17) is 0 Å². The van der Waals surface area contributed by atoms with Gasteiger partial charge in [-0.1, -0.05) is 24.5 Å². The topological polar surface area (TPSA) is 65.5 Å². The number of hydrogen-bond acceptors (Lipinski definition) is 4. The Morgan fingerprint density at radius 1 is 1.10 bits per heavy atom. The number of carbonyl (C=O) groups is 2. The van der Waals surface area contributed by atoms with E-state index in [0.717, 1.165) is 31.4 Å². The van der Waals surface area contributed by atoms with Crippen LogP contribution in [0.1, 0.15) is 60.9 Å². The van der Waals surface area contributed by atoms with Gasteiger partial charge in [0.15, 0.2) is 5.82 Å². The summed E-state index contributed by atoms with van der Waals surface area (Å²) in [5.41, 5.74) is 2.66. The summed E-state index contributed by atoms with van der Waals surface area (Å²) in [7, 11) is 0. The molecule has 30 heavy (non-hydrogen) atoms. The number of amides is 2. The molecule has 0 bridgehead atoms. The van der Waals surface area contributed by atoms with Crippen molar-refractivity contribution in [1.29, 1.82) is 0 Å². The zero-order valence-corrected chi connectivity index (χ0v) is 17.7. The molecule has 6 heteroatoms. The zero-order chi connectivity index (χ0) is 20.9. The number of aryl methyl sites for hydroxylation is 1. The Morgan fingerprint density at radius 3 is 2.77 bits per heavy atom. The fourth-order valence-corrected chi connectivity index (χ4v) is 4.34. The Labute approximate surface area is 178 Å². The zero-order valence-electron chi connectivity index (χ0n) is 17.7. The van der Waals surface area contributed by atoms with Crippen LogP contribution in [0.3, 0.4) is 0 Å². The minimum Gasteiger partial charge on any atom is -0.319 e. The number of likely N-dealkylation sites (tertiary alicyclic amines) is 1. The highest BCUT2D eigenvalue weighted by Crippen LogP contribution is 2.37. The first-order valence-corrected chi connectivity index (χ1v) is 11.1. The van der Waals surface area contributed by atoms with Crippen LogP contribution in [-0.2, 0) is 4.79 Å². The first-order chi connectivity index (χ1) is 14.6. The van der Waals surface area contributed by atoms with E-state index >= 15 is 0 Å². The van der Waals surface area contributed by atoms with Crippen LogP contribution in [0.5, 0.6) is 0 Å². The van der Waals surface area contributed by atoms with Crippen molar-refractivity contribution in [3.8, 4) is 0 Å². The number of piperidine rings is 1. The molecule has 0 unspecified atom stereocenters. The van der Waals surface area contributed by atoms with Crippen molar-refractivity contribution in [1.82, 2.24) is 9.88 Å². The SMILES string of the molecule is Cc1ccc2c(c1)C(=O)Nc1cccnc1N2C(=O)CCCCCN1CCCCC1. The molecule has 2 aliphatic heterocycles. The first-order valence-electron chi connectivity index (χ1n) is 11.1. The molecule has 1 aromatic carbocycles. The molecule has 1 saturated heterocycles. The number of carbonyl (C=O) groups excluding carboxylic acids is 2. The largest absolute Gasteiger partial charge is 0.319 e. The minimum absolute atomic E-state index is 0.0190. The van der Waals surface area contributed by atoms with E-state index in [0.29, 0.717) is 29.2 Å². The third-order valence-electron chi connectivity index (χ3n) is 5.95. The highest BCUT2D eigenvalue weighted by Gasteiger charge is 2.30. The highest BCUT2D eigenvalue weighted by atomic mass is 16.2. The molecule has 6 nitrogen and oxygen atoms in total. The van der Waals surface area contributed by atoms with Crippen LogP contribution >= 0.6 is 0 Å². The molecule has 4 rings (SSSR count). The van der Waals surface area contributed by atoms with Crippen molar-refractivity contribution in [3.05, 3.63) is 47.7 Å². The van der Waals surface area contributed by atoms with Crippen LogP contribution in [0.15, 0.2) is 36.5 Å². The van der Waals surface area contributed by atoms with Gasteiger partial charge in [0.2, 0.25) is 5.91 Å². The Hall–Kier alpha value is -2.73. The Balaban J connectivity index is 1.46. The van der Waals surface area contributed by atoms with Crippen LogP contribution in [-0.4, -0.2) is 41.3 Å². The maximum absolute atomic E-state index is 13.3. The summed E-state index contributed by atoms with van der Waals surface area (Å²) in [6, 6.07) is 9.16. The smallest absolute Gasteiger partial charge is 0.257 e. The van der Waals surface area contributed by atoms with Crippen molar-refractivity contribution in [2.75, 3.05) is 29.9 Å². The number of rotatable bonds is 6. The summed E-state index contributed by atoms with van der Waals surface area (Å²) in [5, 5.41) is 2.90. The maximum Gasteiger partial charge on any atom is 0.257 e. The monoisotopic (exact) mass is 406 g/mol. The second kappa shape index (κ2) is 9.39. The third-order valence-corrected chi connectivity index (χ3v) is 5.95. The summed E-state index contributed by atoms with van der Waals surface area (Å²) in [5.74, 6) is 0.265. The summed E-state index contributed by atoms with van der Waals surface area (Å²) >= 11 is 0. The molecule has 2 amide bonds. The lowest BCUT2D eigenvalue weighted by Crippen LogP contribution is -2.30. The molecule has 2 aromatic rings. The molecule has 3 heterocycles. The van der Waals surface area contributed by atoms with Gasteiger partial charge in [0.05, 0.1) is 16.9 Å². The lowest BCUT2D eigenvalue weighted by molar-refractivity contribution is -0.118. The molecule has 0 aliphatic carbocycles. The maximum atomic E-state index is 13.3. The van der Waals surface area contributed by atoms with Crippen LogP contribution in [0.25, 0.3) is 0 Å². The van der Waals surface area contributed by atoms with Crippen LogP contribution in [0, 0.1) is 6.92 Å². The fourth-order valence-electron chi connectivity index (χ4n) is 4.34. The number of hydrogen-bond donors (Lipinski definition) is 1. The van der Waals surface area contributed by atoms with Gasteiger partial charge < -0.3 is 10.2 Å². The van der Waals surface area contributed by atoms with Crippen molar-refractivity contribution >= 4 is 29.0 Å². The number of fused-ring (bicyclic) bond motifs is 2. The van der Waals surface area contributed by atoms with E-state index in [1.807, 2.05) is 25.1 Å². The van der Waals surface area contributed by atoms with Gasteiger partial charge in [0.25, 0.3) is 5.91 Å². The number of unbranched alkanes of at least 4 members (excludes halogenated alkanes) is 2. The molecular weight excluding hydrogens is 376 g/mol. The standard InChI is InChI=1S/C24H30N4O2/c1-18-11-12-21-19(17-18)24(30)26-20-9-8-13-25-23(20)28(21)22(29)10-4-2-5-14-27-15-6-3-7-16-27/h8-9,11-13,17H,2-7,10,14-16H2,1H3,(H,26,30). The van der Waals surface area contributed by atoms with E-state index in [2.05, 4.69) is 15.2 Å². The Bertz CT molecular complexity index is 921. The molecule has 1 aromatic heterocycles. The molecule has 2 aliphatic rings. The molecule has 0 atom stereocenters. The molecular formula is C24H30N4O2. The number of pyridine rings is 1. The van der Waals surface area contributed by atoms with Crippen molar-refractivity contribution in [3.63, 3.8) is 0 Å². The summed E-state index contributed by atoms with van der Waals surface area (Å²) in [6.07, 6.45) is 9.07. The second-order valence-electron chi connectivity index (χ2n) is 8.29. The van der Waals surface area contributed by atoms with Gasteiger partial charge in [-0.25, -0.2) is 4.98 Å². The molecule has 0 radical (unpaired) electrons. The summed E-state index contributed by atoms with van der Waals surface area (Å²) in [4.78, 5) is 34.6. The molecule has 1 fully saturated rings. The van der Waals surface area contributed by atoms with Crippen LogP contribution in [0.4, 0.5) is 17.2 Å². The number of benzene rings is 1. The van der Waals surface area contributed by atoms with Gasteiger partial charge in [-0.2, -0.15) is 0 Å². The van der Waals surface area contributed by atoms with Crippen molar-refractivity contribution < 1.29 is 9.59 Å². The average Bonchev–Trinajstić information content (AvgIpc) is 2.88. The Kier molecular flexibility index (Phi) is 6.43. The third kappa shape index (κ3) is 4.54. The molecule has 158 valence electrons. The summed E-state index contributed by atoms with van der Waals surface area (Å²) in [6.45, 7) is 5.50. The van der Waals surface area contributed by atoms with Gasteiger partial charge >= 0.3 is 0 Å². The van der Waals surface area contributed by atoms with E-state index in [9.17, 15) is 9.59 Å². The molecule has 0 saturated carbocycles. The lowest BCUT2D eigenvalue weighted by atomic mass is 10.1. The first kappa shape index (κ1) is 20.5. The van der Waals surface area contributed by atoms with Crippen LogP contribution < -0.4 is 10.2 Å². The Morgan fingerprint density at radius 2 is 1.93 bits per heavy atom. The molecule has 1 N–H and O–H groups in total. The minimum atomic E-state index is -0.209. The van der Waals surface area contributed by atoms with Gasteiger partial charge in [0, 0.05) is 12.6 Å². The van der Waals surface area contributed by atoms with E-state index in [1.165, 1.54) is 32.4 Å². The lowest BCUT2D eigenvalue weighted by Gasteiger charge is -2.26. The second-order valence-corrected chi connectivity index (χ2v) is 8.29. The van der Waals surface area contributed by atoms with Gasteiger partial charge in [-0.15, -0.1) is 0 Å². The van der Waals surface area contributed by atoms with E-state index in [-0.39, 0.29) is 11.8 Å². The number of nitrogens with zero attached hydrogens (tertiary/aromatic N) is 3. The van der Waals surface area contributed by atoms with Gasteiger partial charge in [-0.3, -0.25) is 14.5 Å². The van der Waals surface area contributed by atoms with Crippen molar-refractivity contribution in [2.24, 2.45) is 0 Å². The predicted molar refractivity (Wildman–Crippen MR) is 119 cm³/mol. The quantitative estimate of drug-likeness (QED) is 0.708.